The van der Waals surface area contributed by atoms with E-state index in [4.69, 9.17) is 20.6 Å². The van der Waals surface area contributed by atoms with Crippen molar-refractivity contribution in [2.45, 2.75) is 111 Å². The number of ether oxygens (including phenoxy) is 3. The van der Waals surface area contributed by atoms with Gasteiger partial charge in [-0.3, -0.25) is 38.5 Å². The van der Waals surface area contributed by atoms with E-state index in [1.165, 1.54) is 6.07 Å². The van der Waals surface area contributed by atoms with Crippen LogP contribution < -0.4 is 26.0 Å². The fraction of sp³-hybridized carbons (Fsp3) is 0.509. The standard InChI is InChI=1S/C55H72N6O10/c1-9-25-56-49(63)43-32-42(21-23-47(43)71-53(67)39(6)7)34-61(27-29-69-30-28-61)35-48(62)60(54(68)55(8)36-70-55)46(22-20-40-16-12-10-13-17-40)52(66)59-44(31-38(4)5)51(65)58-45(33-41-18-14-11-15-19-41)50(64)57-26-24-37(2)3/h1,10-19,21,23,32,37-39,44-46H,20,22,24-31,33-36H2,2-8H3,(H3-,56,57,58,59,63,64,65,66)/p+1/t44-,45-,46-,55+/m0/s1. The van der Waals surface area contributed by atoms with Crippen molar-refractivity contribution >= 4 is 41.4 Å². The Morgan fingerprint density at radius 2 is 1.41 bits per heavy atom. The summed E-state index contributed by atoms with van der Waals surface area (Å²) in [5.41, 5.74) is 1.04. The molecule has 3 aromatic rings. The predicted molar refractivity (Wildman–Crippen MR) is 268 cm³/mol. The van der Waals surface area contributed by atoms with Crippen LogP contribution in [0.15, 0.2) is 78.9 Å². The largest absolute Gasteiger partial charge is 0.425 e. The van der Waals surface area contributed by atoms with Gasteiger partial charge in [-0.1, -0.05) is 108 Å². The van der Waals surface area contributed by atoms with Gasteiger partial charge in [-0.25, -0.2) is 0 Å². The lowest BCUT2D eigenvalue weighted by Crippen LogP contribution is -2.64. The Hall–Kier alpha value is -6.41. The van der Waals surface area contributed by atoms with Gasteiger partial charge in [0, 0.05) is 18.5 Å². The minimum Gasteiger partial charge on any atom is -0.425 e. The Morgan fingerprint density at radius 1 is 0.775 bits per heavy atom. The van der Waals surface area contributed by atoms with Crippen LogP contribution in [0.5, 0.6) is 5.75 Å². The zero-order valence-corrected chi connectivity index (χ0v) is 42.4. The molecule has 4 atom stereocenters. The lowest BCUT2D eigenvalue weighted by molar-refractivity contribution is -0.940. The summed E-state index contributed by atoms with van der Waals surface area (Å²) in [6.07, 6.45) is 6.90. The van der Waals surface area contributed by atoms with Gasteiger partial charge in [0.2, 0.25) is 17.7 Å². The second kappa shape index (κ2) is 26.2. The number of carbonyl (C=O) groups is 7. The fourth-order valence-electron chi connectivity index (χ4n) is 8.40. The molecule has 0 bridgehead atoms. The summed E-state index contributed by atoms with van der Waals surface area (Å²) in [7, 11) is 0. The molecule has 0 saturated carbocycles. The molecule has 6 amide bonds. The average Bonchev–Trinajstić information content (AvgIpc) is 4.10. The SMILES string of the molecule is C#CCNC(=O)c1cc(C[N+]2(CC(=O)N(C(=O)[C@@]3(C)CO3)[C@@H](CCc3ccccc3)C(=O)N[C@@H](CC(C)C)C(=O)N[C@@H](Cc3ccccc3)C(=O)NCCC(C)C)CCOCC2)ccc1OC(=O)C(C)C. The monoisotopic (exact) mass is 978 g/mol. The van der Waals surface area contributed by atoms with Crippen LogP contribution in [0.4, 0.5) is 0 Å². The molecular weight excluding hydrogens is 905 g/mol. The van der Waals surface area contributed by atoms with Crippen molar-refractivity contribution in [3.8, 4) is 18.1 Å². The van der Waals surface area contributed by atoms with E-state index in [1.807, 2.05) is 74.5 Å². The van der Waals surface area contributed by atoms with Crippen molar-refractivity contribution < 1.29 is 52.3 Å². The zero-order valence-electron chi connectivity index (χ0n) is 42.4. The molecule has 0 unspecified atom stereocenters. The molecule has 382 valence electrons. The third-order valence-electron chi connectivity index (χ3n) is 12.7. The quantitative estimate of drug-likeness (QED) is 0.0308. The molecule has 0 aromatic heterocycles. The van der Waals surface area contributed by atoms with Gasteiger partial charge in [-0.15, -0.1) is 6.42 Å². The molecule has 71 heavy (non-hydrogen) atoms. The number of hydrogen-bond donors (Lipinski definition) is 4. The predicted octanol–water partition coefficient (Wildman–Crippen LogP) is 4.52. The summed E-state index contributed by atoms with van der Waals surface area (Å²) in [4.78, 5) is 100. The van der Waals surface area contributed by atoms with E-state index in [1.54, 1.807) is 32.9 Å². The summed E-state index contributed by atoms with van der Waals surface area (Å²) in [6.45, 7) is 14.5. The first-order chi connectivity index (χ1) is 33.8. The molecule has 0 spiro atoms. The molecule has 2 aliphatic heterocycles. The summed E-state index contributed by atoms with van der Waals surface area (Å²) in [6, 6.07) is 20.1. The highest BCUT2D eigenvalue weighted by atomic mass is 16.6. The third kappa shape index (κ3) is 16.6. The molecule has 2 aliphatic rings. The summed E-state index contributed by atoms with van der Waals surface area (Å²) in [5, 5.41) is 11.5. The summed E-state index contributed by atoms with van der Waals surface area (Å²) in [5.74, 6) is -1.83. The number of imide groups is 1. The summed E-state index contributed by atoms with van der Waals surface area (Å²) < 4.78 is 17.1. The number of nitrogens with zero attached hydrogens (tertiary/aromatic N) is 2. The number of epoxide rings is 1. The van der Waals surface area contributed by atoms with Crippen LogP contribution >= 0.6 is 0 Å². The van der Waals surface area contributed by atoms with Crippen LogP contribution in [0.3, 0.4) is 0 Å². The highest BCUT2D eigenvalue weighted by molar-refractivity contribution is 6.05. The first kappa shape index (κ1) is 55.5. The van der Waals surface area contributed by atoms with Crippen LogP contribution in [-0.2, 0) is 57.6 Å². The Balaban J connectivity index is 1.50. The Morgan fingerprint density at radius 3 is 2.00 bits per heavy atom. The van der Waals surface area contributed by atoms with E-state index in [0.717, 1.165) is 22.4 Å². The van der Waals surface area contributed by atoms with Crippen LogP contribution in [-0.4, -0.2) is 127 Å². The van der Waals surface area contributed by atoms with Gasteiger partial charge in [0.15, 0.2) is 12.1 Å². The van der Waals surface area contributed by atoms with E-state index < -0.39 is 65.1 Å². The minimum absolute atomic E-state index is 0.0180. The number of amides is 6. The lowest BCUT2D eigenvalue weighted by atomic mass is 9.98. The lowest BCUT2D eigenvalue weighted by Gasteiger charge is -2.42. The van der Waals surface area contributed by atoms with Gasteiger partial charge < -0.3 is 40.0 Å². The van der Waals surface area contributed by atoms with Gasteiger partial charge >= 0.3 is 5.97 Å². The number of carbonyl (C=O) groups excluding carboxylic acids is 7. The van der Waals surface area contributed by atoms with Gasteiger partial charge in [-0.05, 0) is 73.8 Å². The van der Waals surface area contributed by atoms with Gasteiger partial charge in [0.1, 0.15) is 43.5 Å². The van der Waals surface area contributed by atoms with Crippen LogP contribution in [0.25, 0.3) is 0 Å². The number of terminal acetylenes is 1. The number of esters is 1. The Kier molecular flexibility index (Phi) is 20.5. The van der Waals surface area contributed by atoms with Crippen molar-refractivity contribution in [3.63, 3.8) is 0 Å². The van der Waals surface area contributed by atoms with Gasteiger partial charge in [0.25, 0.3) is 17.7 Å². The smallest absolute Gasteiger partial charge is 0.313 e. The van der Waals surface area contributed by atoms with Crippen molar-refractivity contribution in [3.05, 3.63) is 101 Å². The summed E-state index contributed by atoms with van der Waals surface area (Å²) >= 11 is 0. The van der Waals surface area contributed by atoms with Crippen LogP contribution in [0, 0.1) is 30.1 Å². The maximum absolute atomic E-state index is 15.3. The Bertz CT molecular complexity index is 2350. The van der Waals surface area contributed by atoms with Gasteiger partial charge in [0.05, 0.1) is 37.8 Å². The molecular formula is C55H73N6O10+. The molecule has 16 heteroatoms. The average molecular weight is 978 g/mol. The van der Waals surface area contributed by atoms with E-state index in [0.29, 0.717) is 37.5 Å². The van der Waals surface area contributed by atoms with Crippen molar-refractivity contribution in [1.29, 1.82) is 0 Å². The number of aryl methyl sites for hydroxylation is 1. The number of quaternary nitrogens is 1. The highest BCUT2D eigenvalue weighted by Crippen LogP contribution is 2.32. The first-order valence-corrected chi connectivity index (χ1v) is 24.8. The van der Waals surface area contributed by atoms with Crippen molar-refractivity contribution in [2.24, 2.45) is 17.8 Å². The second-order valence-electron chi connectivity index (χ2n) is 20.1. The Labute approximate surface area is 418 Å². The molecule has 2 heterocycles. The fourth-order valence-corrected chi connectivity index (χ4v) is 8.40. The minimum atomic E-state index is -1.39. The third-order valence-corrected chi connectivity index (χ3v) is 12.7. The topological polar surface area (TPSA) is 202 Å². The maximum Gasteiger partial charge on any atom is 0.313 e. The molecule has 4 N–H and O–H groups in total. The van der Waals surface area contributed by atoms with Crippen LogP contribution in [0.2, 0.25) is 0 Å². The molecule has 5 rings (SSSR count). The van der Waals surface area contributed by atoms with E-state index in [9.17, 15) is 24.0 Å². The van der Waals surface area contributed by atoms with E-state index in [2.05, 4.69) is 41.0 Å². The van der Waals surface area contributed by atoms with E-state index >= 15 is 9.59 Å². The molecule has 3 aromatic carbocycles. The number of morpholine rings is 1. The van der Waals surface area contributed by atoms with Crippen molar-refractivity contribution in [1.82, 2.24) is 26.2 Å². The number of hydrogen-bond acceptors (Lipinski definition) is 10. The number of benzene rings is 3. The normalized spacial score (nSPS) is 17.3. The van der Waals surface area contributed by atoms with Crippen molar-refractivity contribution in [2.75, 3.05) is 52.5 Å². The number of rotatable bonds is 25. The molecule has 2 saturated heterocycles. The molecule has 0 radical (unpaired) electrons. The first-order valence-electron chi connectivity index (χ1n) is 24.8. The molecule has 2 fully saturated rings. The molecule has 16 nitrogen and oxygen atoms in total. The number of nitrogens with one attached hydrogen (secondary N) is 4. The maximum atomic E-state index is 15.3. The highest BCUT2D eigenvalue weighted by Gasteiger charge is 2.54. The van der Waals surface area contributed by atoms with Gasteiger partial charge in [-0.2, -0.15) is 0 Å². The molecule has 0 aliphatic carbocycles. The second-order valence-corrected chi connectivity index (χ2v) is 20.1. The van der Waals surface area contributed by atoms with Crippen LogP contribution in [0.1, 0.15) is 94.8 Å². The van der Waals surface area contributed by atoms with E-state index in [-0.39, 0.29) is 86.3 Å². The zero-order chi connectivity index (χ0) is 51.7.